The second-order valence-electron chi connectivity index (χ2n) is 5.06. The number of piperidine rings is 1. The Bertz CT molecular complexity index is 424. The lowest BCUT2D eigenvalue weighted by atomic mass is 9.95. The highest BCUT2D eigenvalue weighted by Gasteiger charge is 2.29. The van der Waals surface area contributed by atoms with Gasteiger partial charge in [0.25, 0.3) is 0 Å². The number of hydrogen-bond donors (Lipinski definition) is 1. The average Bonchev–Trinajstić information content (AvgIpc) is 2.85. The predicted molar refractivity (Wildman–Crippen MR) is 70.7 cm³/mol. The Kier molecular flexibility index (Phi) is 4.52. The van der Waals surface area contributed by atoms with Gasteiger partial charge in [-0.2, -0.15) is 4.98 Å². The summed E-state index contributed by atoms with van der Waals surface area (Å²) < 4.78 is 5.23. The number of carbonyl (C=O) groups is 1. The number of likely N-dealkylation sites (N-methyl/N-ethyl adjacent to an activating group) is 1. The molecule has 1 N–H and O–H groups in total. The van der Waals surface area contributed by atoms with Crippen LogP contribution >= 0.6 is 0 Å². The molecule has 106 valence electrons. The van der Waals surface area contributed by atoms with E-state index in [9.17, 15) is 4.79 Å². The van der Waals surface area contributed by atoms with Gasteiger partial charge in [-0.25, -0.2) is 0 Å². The first-order valence-electron chi connectivity index (χ1n) is 6.93. The van der Waals surface area contributed by atoms with Gasteiger partial charge >= 0.3 is 0 Å². The summed E-state index contributed by atoms with van der Waals surface area (Å²) in [5, 5.41) is 6.70. The van der Waals surface area contributed by atoms with Crippen LogP contribution in [0.4, 0.5) is 0 Å². The maximum atomic E-state index is 11.8. The molecule has 0 aromatic carbocycles. The number of amides is 1. The highest BCUT2D eigenvalue weighted by molar-refractivity contribution is 5.81. The van der Waals surface area contributed by atoms with Gasteiger partial charge in [0.15, 0.2) is 5.82 Å². The third-order valence-electron chi connectivity index (χ3n) is 3.70. The first-order valence-corrected chi connectivity index (χ1v) is 6.93. The third-order valence-corrected chi connectivity index (χ3v) is 3.70. The quantitative estimate of drug-likeness (QED) is 0.883. The molecule has 1 aliphatic heterocycles. The fourth-order valence-corrected chi connectivity index (χ4v) is 2.50. The minimum absolute atomic E-state index is 0.0645. The number of likely N-dealkylation sites (tertiary alicyclic amines) is 1. The molecule has 1 aliphatic rings. The minimum Gasteiger partial charge on any atom is -0.355 e. The molecule has 6 nitrogen and oxygen atoms in total. The molecule has 0 bridgehead atoms. The Morgan fingerprint density at radius 3 is 2.74 bits per heavy atom. The third kappa shape index (κ3) is 3.32. The Hall–Kier alpha value is -1.43. The maximum Gasteiger partial charge on any atom is 0.237 e. The molecule has 0 saturated carbocycles. The SMILES string of the molecule is CCNC(=O)[C@@H](C)N1CCC(c2nc(C)no2)CC1. The van der Waals surface area contributed by atoms with E-state index in [1.807, 2.05) is 20.8 Å². The zero-order chi connectivity index (χ0) is 13.8. The number of rotatable bonds is 4. The van der Waals surface area contributed by atoms with Gasteiger partial charge in [0, 0.05) is 12.5 Å². The topological polar surface area (TPSA) is 71.3 Å². The number of nitrogens with one attached hydrogen (secondary N) is 1. The lowest BCUT2D eigenvalue weighted by Crippen LogP contribution is -2.48. The molecule has 1 aromatic heterocycles. The van der Waals surface area contributed by atoms with Crippen LogP contribution in [0.5, 0.6) is 0 Å². The summed E-state index contributed by atoms with van der Waals surface area (Å²) in [6, 6.07) is -0.0645. The van der Waals surface area contributed by atoms with Crippen LogP contribution in [0.15, 0.2) is 4.52 Å². The molecular weight excluding hydrogens is 244 g/mol. The first-order chi connectivity index (χ1) is 9.11. The van der Waals surface area contributed by atoms with Gasteiger partial charge in [-0.1, -0.05) is 5.16 Å². The zero-order valence-electron chi connectivity index (χ0n) is 11.8. The van der Waals surface area contributed by atoms with E-state index in [1.165, 1.54) is 0 Å². The second kappa shape index (κ2) is 6.14. The van der Waals surface area contributed by atoms with Crippen molar-refractivity contribution in [3.8, 4) is 0 Å². The number of aryl methyl sites for hydroxylation is 1. The molecule has 0 spiro atoms. The van der Waals surface area contributed by atoms with Gasteiger partial charge in [0.05, 0.1) is 6.04 Å². The van der Waals surface area contributed by atoms with Gasteiger partial charge in [-0.3, -0.25) is 9.69 Å². The Labute approximate surface area is 113 Å². The van der Waals surface area contributed by atoms with E-state index in [0.717, 1.165) is 31.8 Å². The molecule has 1 amide bonds. The molecule has 1 fully saturated rings. The standard InChI is InChI=1S/C13H22N4O2/c1-4-14-12(18)9(2)17-7-5-11(6-8-17)13-15-10(3)16-19-13/h9,11H,4-8H2,1-3H3,(H,14,18)/t9-/m1/s1. The van der Waals surface area contributed by atoms with Crippen LogP contribution in [0.25, 0.3) is 0 Å². The summed E-state index contributed by atoms with van der Waals surface area (Å²) in [6.07, 6.45) is 1.93. The van der Waals surface area contributed by atoms with Crippen LogP contribution < -0.4 is 5.32 Å². The predicted octanol–water partition coefficient (Wildman–Crippen LogP) is 1.08. The van der Waals surface area contributed by atoms with E-state index in [-0.39, 0.29) is 11.9 Å². The van der Waals surface area contributed by atoms with Gasteiger partial charge in [-0.15, -0.1) is 0 Å². The highest BCUT2D eigenvalue weighted by Crippen LogP contribution is 2.27. The molecule has 1 saturated heterocycles. The fraction of sp³-hybridized carbons (Fsp3) is 0.769. The number of nitrogens with zero attached hydrogens (tertiary/aromatic N) is 3. The molecule has 6 heteroatoms. The van der Waals surface area contributed by atoms with E-state index < -0.39 is 0 Å². The van der Waals surface area contributed by atoms with Gasteiger partial charge in [-0.05, 0) is 46.7 Å². The van der Waals surface area contributed by atoms with E-state index in [1.54, 1.807) is 0 Å². The van der Waals surface area contributed by atoms with Crippen molar-refractivity contribution in [2.75, 3.05) is 19.6 Å². The maximum absolute atomic E-state index is 11.8. The van der Waals surface area contributed by atoms with Crippen LogP contribution in [0.3, 0.4) is 0 Å². The van der Waals surface area contributed by atoms with Crippen molar-refractivity contribution in [3.63, 3.8) is 0 Å². The van der Waals surface area contributed by atoms with Crippen molar-refractivity contribution in [2.24, 2.45) is 0 Å². The van der Waals surface area contributed by atoms with Gasteiger partial charge < -0.3 is 9.84 Å². The van der Waals surface area contributed by atoms with E-state index >= 15 is 0 Å². The van der Waals surface area contributed by atoms with Crippen molar-refractivity contribution in [1.82, 2.24) is 20.4 Å². The average molecular weight is 266 g/mol. The Morgan fingerprint density at radius 2 is 2.21 bits per heavy atom. The molecule has 19 heavy (non-hydrogen) atoms. The van der Waals surface area contributed by atoms with Crippen molar-refractivity contribution >= 4 is 5.91 Å². The normalized spacial score (nSPS) is 19.3. The molecule has 0 aliphatic carbocycles. The summed E-state index contributed by atoms with van der Waals surface area (Å²) >= 11 is 0. The van der Waals surface area contributed by atoms with E-state index in [2.05, 4.69) is 20.4 Å². The molecule has 1 aromatic rings. The van der Waals surface area contributed by atoms with Crippen LogP contribution in [0.1, 0.15) is 44.3 Å². The van der Waals surface area contributed by atoms with Crippen molar-refractivity contribution in [3.05, 3.63) is 11.7 Å². The zero-order valence-corrected chi connectivity index (χ0v) is 11.8. The highest BCUT2D eigenvalue weighted by atomic mass is 16.5. The van der Waals surface area contributed by atoms with Crippen molar-refractivity contribution in [1.29, 1.82) is 0 Å². The minimum atomic E-state index is -0.0645. The summed E-state index contributed by atoms with van der Waals surface area (Å²) in [5.74, 6) is 1.87. The second-order valence-corrected chi connectivity index (χ2v) is 5.06. The molecule has 0 radical (unpaired) electrons. The number of hydrogen-bond acceptors (Lipinski definition) is 5. The van der Waals surface area contributed by atoms with E-state index in [0.29, 0.717) is 18.3 Å². The van der Waals surface area contributed by atoms with Crippen LogP contribution in [0, 0.1) is 6.92 Å². The van der Waals surface area contributed by atoms with Gasteiger partial charge in [0.1, 0.15) is 0 Å². The monoisotopic (exact) mass is 266 g/mol. The van der Waals surface area contributed by atoms with Crippen LogP contribution in [-0.4, -0.2) is 46.6 Å². The summed E-state index contributed by atoms with van der Waals surface area (Å²) in [6.45, 7) is 8.20. The molecule has 2 rings (SSSR count). The fourth-order valence-electron chi connectivity index (χ4n) is 2.50. The first kappa shape index (κ1) is 14.0. The summed E-state index contributed by atoms with van der Waals surface area (Å²) in [5.41, 5.74) is 0. The molecule has 2 heterocycles. The molecular formula is C13H22N4O2. The van der Waals surface area contributed by atoms with Crippen LogP contribution in [0.2, 0.25) is 0 Å². The summed E-state index contributed by atoms with van der Waals surface area (Å²) in [4.78, 5) is 18.3. The lowest BCUT2D eigenvalue weighted by Gasteiger charge is -2.34. The number of carbonyl (C=O) groups excluding carboxylic acids is 1. The Morgan fingerprint density at radius 1 is 1.53 bits per heavy atom. The summed E-state index contributed by atoms with van der Waals surface area (Å²) in [7, 11) is 0. The van der Waals surface area contributed by atoms with Crippen LogP contribution in [-0.2, 0) is 4.79 Å². The van der Waals surface area contributed by atoms with Crippen molar-refractivity contribution in [2.45, 2.75) is 45.6 Å². The lowest BCUT2D eigenvalue weighted by molar-refractivity contribution is -0.126. The number of aromatic nitrogens is 2. The smallest absolute Gasteiger partial charge is 0.237 e. The van der Waals surface area contributed by atoms with E-state index in [4.69, 9.17) is 4.52 Å². The molecule has 0 unspecified atom stereocenters. The van der Waals surface area contributed by atoms with Gasteiger partial charge in [0.2, 0.25) is 11.8 Å². The van der Waals surface area contributed by atoms with Crippen molar-refractivity contribution < 1.29 is 9.32 Å². The molecule has 1 atom stereocenters. The largest absolute Gasteiger partial charge is 0.355 e. The Balaban J connectivity index is 1.87.